The molecule has 1 heterocycles. The number of carbonyl (C=O) groups is 3. The molecule has 1 aliphatic heterocycles. The normalized spacial score (nSPS) is 15.6. The summed E-state index contributed by atoms with van der Waals surface area (Å²) in [7, 11) is 0. The molecule has 26 heavy (non-hydrogen) atoms. The van der Waals surface area contributed by atoms with E-state index in [0.717, 1.165) is 23.4 Å². The Kier molecular flexibility index (Phi) is 7.29. The molecule has 0 radical (unpaired) electrons. The van der Waals surface area contributed by atoms with E-state index in [4.69, 9.17) is 4.74 Å². The van der Waals surface area contributed by atoms with Gasteiger partial charge in [0, 0.05) is 17.4 Å². The summed E-state index contributed by atoms with van der Waals surface area (Å²) in [6.07, 6.45) is 1.15. The first-order chi connectivity index (χ1) is 12.4. The Bertz CT molecular complexity index is 797. The van der Waals surface area contributed by atoms with Gasteiger partial charge in [-0.25, -0.2) is 4.79 Å². The van der Waals surface area contributed by atoms with Crippen molar-refractivity contribution in [3.63, 3.8) is 0 Å². The first-order valence-corrected chi connectivity index (χ1v) is 9.71. The molecule has 1 amide bonds. The van der Waals surface area contributed by atoms with Gasteiger partial charge in [0.1, 0.15) is 5.70 Å². The molecule has 136 valence electrons. The van der Waals surface area contributed by atoms with Crippen LogP contribution in [0.1, 0.15) is 24.2 Å². The van der Waals surface area contributed by atoms with Crippen molar-refractivity contribution in [1.29, 1.82) is 0 Å². The number of ketones is 1. The minimum Gasteiger partial charge on any atom is -0.463 e. The van der Waals surface area contributed by atoms with E-state index in [-0.39, 0.29) is 23.0 Å². The van der Waals surface area contributed by atoms with E-state index in [2.05, 4.69) is 11.9 Å². The summed E-state index contributed by atoms with van der Waals surface area (Å²) in [5.74, 6) is -0.767. The number of esters is 1. The number of hydrogen-bond acceptors (Lipinski definition) is 6. The fourth-order valence-electron chi connectivity index (χ4n) is 1.98. The van der Waals surface area contributed by atoms with Gasteiger partial charge >= 0.3 is 5.97 Å². The molecular formula is C19H19NO4S2. The molecule has 0 unspecified atom stereocenters. The standard InChI is InChI=1S/C19H19NO4S2/c1-4-24-15(21)10-14-18(23)20-16(19(26-14)25-11-12(2)3)17(22)13-8-6-5-7-9-13/h5-10H,2,4,11H2,1,3H3,(H,20,23)/b14-10+. The molecular weight excluding hydrogens is 370 g/mol. The average Bonchev–Trinajstić information content (AvgIpc) is 2.62. The third kappa shape index (κ3) is 5.37. The van der Waals surface area contributed by atoms with Crippen molar-refractivity contribution in [3.8, 4) is 0 Å². The maximum absolute atomic E-state index is 12.8. The van der Waals surface area contributed by atoms with Gasteiger partial charge in [0.25, 0.3) is 5.91 Å². The van der Waals surface area contributed by atoms with Gasteiger partial charge in [0.2, 0.25) is 5.78 Å². The third-order valence-electron chi connectivity index (χ3n) is 3.12. The predicted molar refractivity (Wildman–Crippen MR) is 106 cm³/mol. The summed E-state index contributed by atoms with van der Waals surface area (Å²) in [6, 6.07) is 8.72. The molecule has 1 aromatic rings. The average molecular weight is 389 g/mol. The van der Waals surface area contributed by atoms with E-state index in [1.807, 2.05) is 13.0 Å². The molecule has 0 saturated carbocycles. The van der Waals surface area contributed by atoms with Gasteiger partial charge in [0.15, 0.2) is 0 Å². The molecule has 1 aromatic carbocycles. The van der Waals surface area contributed by atoms with Crippen LogP contribution in [-0.2, 0) is 14.3 Å². The van der Waals surface area contributed by atoms with Crippen molar-refractivity contribution in [1.82, 2.24) is 5.32 Å². The number of carbonyl (C=O) groups excluding carboxylic acids is 3. The molecule has 0 saturated heterocycles. The lowest BCUT2D eigenvalue weighted by Crippen LogP contribution is -2.32. The fourth-order valence-corrected chi connectivity index (χ4v) is 4.07. The van der Waals surface area contributed by atoms with Crippen molar-refractivity contribution in [2.75, 3.05) is 12.4 Å². The highest BCUT2D eigenvalue weighted by Crippen LogP contribution is 2.40. The van der Waals surface area contributed by atoms with E-state index < -0.39 is 11.9 Å². The summed E-state index contributed by atoms with van der Waals surface area (Å²) in [6.45, 7) is 7.65. The summed E-state index contributed by atoms with van der Waals surface area (Å²) in [4.78, 5) is 37.0. The Labute approximate surface area is 160 Å². The zero-order valence-electron chi connectivity index (χ0n) is 14.5. The highest BCUT2D eigenvalue weighted by atomic mass is 32.2. The Hall–Kier alpha value is -2.25. The molecule has 7 heteroatoms. The maximum atomic E-state index is 12.8. The van der Waals surface area contributed by atoms with Crippen LogP contribution in [0.5, 0.6) is 0 Å². The third-order valence-corrected chi connectivity index (χ3v) is 5.74. The molecule has 5 nitrogen and oxygen atoms in total. The number of amides is 1. The van der Waals surface area contributed by atoms with E-state index >= 15 is 0 Å². The van der Waals surface area contributed by atoms with Gasteiger partial charge in [-0.05, 0) is 13.8 Å². The summed E-state index contributed by atoms with van der Waals surface area (Å²) < 4.78 is 5.48. The Morgan fingerprint density at radius 1 is 1.31 bits per heavy atom. The molecule has 0 aromatic heterocycles. The molecule has 1 aliphatic rings. The van der Waals surface area contributed by atoms with Crippen LogP contribution < -0.4 is 5.32 Å². The van der Waals surface area contributed by atoms with Gasteiger partial charge in [-0.2, -0.15) is 0 Å². The maximum Gasteiger partial charge on any atom is 0.332 e. The van der Waals surface area contributed by atoms with Crippen molar-refractivity contribution in [2.45, 2.75) is 13.8 Å². The van der Waals surface area contributed by atoms with Crippen LogP contribution in [0, 0.1) is 0 Å². The number of rotatable bonds is 7. The van der Waals surface area contributed by atoms with Crippen molar-refractivity contribution in [2.24, 2.45) is 0 Å². The first kappa shape index (κ1) is 20.1. The van der Waals surface area contributed by atoms with Gasteiger partial charge in [-0.1, -0.05) is 54.2 Å². The van der Waals surface area contributed by atoms with Crippen LogP contribution >= 0.6 is 23.5 Å². The van der Waals surface area contributed by atoms with Crippen LogP contribution in [0.2, 0.25) is 0 Å². The van der Waals surface area contributed by atoms with Crippen LogP contribution in [0.25, 0.3) is 0 Å². The first-order valence-electron chi connectivity index (χ1n) is 7.91. The van der Waals surface area contributed by atoms with Crippen LogP contribution in [0.15, 0.2) is 63.4 Å². The van der Waals surface area contributed by atoms with Gasteiger partial charge in [0.05, 0.1) is 15.7 Å². The number of benzene rings is 1. The predicted octanol–water partition coefficient (Wildman–Crippen LogP) is 3.66. The van der Waals surface area contributed by atoms with Gasteiger partial charge in [-0.15, -0.1) is 11.8 Å². The minimum atomic E-state index is -0.591. The number of ether oxygens (including phenoxy) is 1. The Morgan fingerprint density at radius 2 is 2.00 bits per heavy atom. The number of Topliss-reactive ketones (excluding diaryl/α,β-unsaturated/α-hetero) is 1. The lowest BCUT2D eigenvalue weighted by atomic mass is 10.1. The highest BCUT2D eigenvalue weighted by molar-refractivity contribution is 8.24. The second kappa shape index (κ2) is 9.45. The highest BCUT2D eigenvalue weighted by Gasteiger charge is 2.29. The summed E-state index contributed by atoms with van der Waals surface area (Å²) in [5, 5.41) is 2.63. The molecule has 0 aliphatic carbocycles. The van der Waals surface area contributed by atoms with Crippen molar-refractivity contribution < 1.29 is 19.1 Å². The lowest BCUT2D eigenvalue weighted by Gasteiger charge is -2.21. The number of nitrogens with one attached hydrogen (secondary N) is 1. The van der Waals surface area contributed by atoms with Crippen molar-refractivity contribution in [3.05, 3.63) is 69.0 Å². The molecule has 2 rings (SSSR count). The molecule has 0 fully saturated rings. The second-order valence-corrected chi connectivity index (χ2v) is 7.72. The van der Waals surface area contributed by atoms with Crippen LogP contribution in [-0.4, -0.2) is 30.0 Å². The molecule has 0 spiro atoms. The number of thioether (sulfide) groups is 2. The molecule has 1 N–H and O–H groups in total. The second-order valence-electron chi connectivity index (χ2n) is 5.42. The lowest BCUT2D eigenvalue weighted by molar-refractivity contribution is -0.137. The summed E-state index contributed by atoms with van der Waals surface area (Å²) >= 11 is 2.49. The zero-order valence-corrected chi connectivity index (χ0v) is 16.2. The van der Waals surface area contributed by atoms with Gasteiger partial charge in [-0.3, -0.25) is 9.59 Å². The van der Waals surface area contributed by atoms with Crippen LogP contribution in [0.3, 0.4) is 0 Å². The minimum absolute atomic E-state index is 0.192. The van der Waals surface area contributed by atoms with E-state index in [0.29, 0.717) is 15.6 Å². The Balaban J connectivity index is 2.37. The topological polar surface area (TPSA) is 72.5 Å². The monoisotopic (exact) mass is 389 g/mol. The smallest absolute Gasteiger partial charge is 0.332 e. The van der Waals surface area contributed by atoms with E-state index in [1.165, 1.54) is 11.8 Å². The largest absolute Gasteiger partial charge is 0.463 e. The van der Waals surface area contributed by atoms with Gasteiger partial charge < -0.3 is 10.1 Å². The molecule has 0 atom stereocenters. The zero-order chi connectivity index (χ0) is 19.1. The summed E-state index contributed by atoms with van der Waals surface area (Å²) in [5.41, 5.74) is 1.63. The quantitative estimate of drug-likeness (QED) is 0.332. The number of allylic oxidation sites excluding steroid dienone is 1. The Morgan fingerprint density at radius 3 is 2.62 bits per heavy atom. The van der Waals surface area contributed by atoms with E-state index in [9.17, 15) is 14.4 Å². The SMILES string of the molecule is C=C(C)CSC1=C(C(=O)c2ccccc2)NC(=O)/C(=C\C(=O)OCC)S1. The van der Waals surface area contributed by atoms with Crippen LogP contribution in [0.4, 0.5) is 0 Å². The fraction of sp³-hybridized carbons (Fsp3) is 0.211. The number of hydrogen-bond donors (Lipinski definition) is 1. The molecule has 0 bridgehead atoms. The van der Waals surface area contributed by atoms with Crippen molar-refractivity contribution >= 4 is 41.2 Å². The van der Waals surface area contributed by atoms with E-state index in [1.54, 1.807) is 31.2 Å².